The average molecular weight is 254 g/mol. The number of fused-ring (bicyclic) bond motifs is 2. The number of carbonyl (C=O) groups is 3. The summed E-state index contributed by atoms with van der Waals surface area (Å²) in [7, 11) is 0. The van der Waals surface area contributed by atoms with Crippen molar-refractivity contribution in [3.05, 3.63) is 52.6 Å². The molecule has 0 heterocycles. The average Bonchev–Trinajstić information content (AvgIpc) is 2.44. The number of rotatable bonds is 1. The van der Waals surface area contributed by atoms with E-state index in [2.05, 4.69) is 0 Å². The largest absolute Gasteiger partial charge is 0.478 e. The zero-order valence-electron chi connectivity index (χ0n) is 9.97. The summed E-state index contributed by atoms with van der Waals surface area (Å²) < 4.78 is 0. The van der Waals surface area contributed by atoms with Gasteiger partial charge in [-0.1, -0.05) is 18.2 Å². The molecule has 0 atom stereocenters. The summed E-state index contributed by atoms with van der Waals surface area (Å²) in [5.41, 5.74) is 2.22. The molecule has 0 saturated heterocycles. The summed E-state index contributed by atoms with van der Waals surface area (Å²) in [6.07, 6.45) is 5.08. The Kier molecular flexibility index (Phi) is 2.45. The minimum Gasteiger partial charge on any atom is -0.478 e. The van der Waals surface area contributed by atoms with Gasteiger partial charge < -0.3 is 5.11 Å². The van der Waals surface area contributed by atoms with E-state index in [1.54, 1.807) is 12.1 Å². The standard InChI is InChI=1S/C15H10O4/c16-13-11-4-2-1-3-9(11)10-6-5-8(15(18)19)7-12(10)14(13)17/h2,4-7H,1,3H2,(H,18,19). The van der Waals surface area contributed by atoms with Crippen LogP contribution in [0.1, 0.15) is 39.1 Å². The topological polar surface area (TPSA) is 71.4 Å². The molecule has 0 spiro atoms. The van der Waals surface area contributed by atoms with E-state index < -0.39 is 17.5 Å². The van der Waals surface area contributed by atoms with E-state index in [0.717, 1.165) is 12.0 Å². The van der Waals surface area contributed by atoms with Gasteiger partial charge in [0.25, 0.3) is 0 Å². The van der Waals surface area contributed by atoms with Crippen molar-refractivity contribution < 1.29 is 19.5 Å². The molecule has 0 saturated carbocycles. The lowest BCUT2D eigenvalue weighted by Gasteiger charge is -2.22. The number of carboxylic acids is 1. The van der Waals surface area contributed by atoms with Crippen LogP contribution < -0.4 is 0 Å². The summed E-state index contributed by atoms with van der Waals surface area (Å²) >= 11 is 0. The van der Waals surface area contributed by atoms with Crippen molar-refractivity contribution >= 4 is 23.1 Å². The fourth-order valence-corrected chi connectivity index (χ4v) is 2.53. The highest BCUT2D eigenvalue weighted by atomic mass is 16.4. The second kappa shape index (κ2) is 4.02. The first-order valence-electron chi connectivity index (χ1n) is 5.96. The molecule has 0 aliphatic heterocycles. The molecular formula is C15H10O4. The van der Waals surface area contributed by atoms with E-state index >= 15 is 0 Å². The Morgan fingerprint density at radius 2 is 1.89 bits per heavy atom. The van der Waals surface area contributed by atoms with Gasteiger partial charge in [0.15, 0.2) is 0 Å². The van der Waals surface area contributed by atoms with Gasteiger partial charge in [-0.25, -0.2) is 4.79 Å². The van der Waals surface area contributed by atoms with E-state index in [-0.39, 0.29) is 11.1 Å². The quantitative estimate of drug-likeness (QED) is 0.780. The van der Waals surface area contributed by atoms with Crippen LogP contribution in [0.25, 0.3) is 5.57 Å². The van der Waals surface area contributed by atoms with Gasteiger partial charge in [-0.2, -0.15) is 0 Å². The fraction of sp³-hybridized carbons (Fsp3) is 0.133. The number of hydrogen-bond donors (Lipinski definition) is 1. The highest BCUT2D eigenvalue weighted by molar-refractivity contribution is 6.53. The van der Waals surface area contributed by atoms with Gasteiger partial charge in [-0.3, -0.25) is 9.59 Å². The Morgan fingerprint density at radius 3 is 2.63 bits per heavy atom. The van der Waals surface area contributed by atoms with Crippen LogP contribution in [-0.2, 0) is 4.79 Å². The zero-order chi connectivity index (χ0) is 13.6. The fourth-order valence-electron chi connectivity index (χ4n) is 2.53. The van der Waals surface area contributed by atoms with Crippen LogP contribution in [0.4, 0.5) is 0 Å². The Bertz CT molecular complexity index is 692. The number of Topliss-reactive ketones (excluding diaryl/α,β-unsaturated/α-hetero) is 2. The molecule has 0 bridgehead atoms. The van der Waals surface area contributed by atoms with Crippen molar-refractivity contribution in [1.29, 1.82) is 0 Å². The van der Waals surface area contributed by atoms with Gasteiger partial charge in [-0.05, 0) is 36.1 Å². The highest BCUT2D eigenvalue weighted by Crippen LogP contribution is 2.36. The highest BCUT2D eigenvalue weighted by Gasteiger charge is 2.32. The van der Waals surface area contributed by atoms with E-state index in [9.17, 15) is 14.4 Å². The predicted octanol–water partition coefficient (Wildman–Crippen LogP) is 2.25. The Hall–Kier alpha value is -2.49. The van der Waals surface area contributed by atoms with Gasteiger partial charge >= 0.3 is 5.97 Å². The number of allylic oxidation sites excluding steroid dienone is 4. The van der Waals surface area contributed by atoms with Crippen LogP contribution in [0.5, 0.6) is 0 Å². The molecule has 1 aromatic rings. The predicted molar refractivity (Wildman–Crippen MR) is 68.0 cm³/mol. The number of hydrogen-bond acceptors (Lipinski definition) is 3. The molecule has 4 heteroatoms. The summed E-state index contributed by atoms with van der Waals surface area (Å²) in [4.78, 5) is 35.0. The number of carboxylic acid groups (broad SMARTS) is 1. The van der Waals surface area contributed by atoms with Crippen molar-refractivity contribution in [2.75, 3.05) is 0 Å². The third-order valence-corrected chi connectivity index (χ3v) is 3.46. The molecule has 19 heavy (non-hydrogen) atoms. The van der Waals surface area contributed by atoms with Crippen molar-refractivity contribution in [2.24, 2.45) is 0 Å². The molecular weight excluding hydrogens is 244 g/mol. The van der Waals surface area contributed by atoms with E-state index in [4.69, 9.17) is 5.11 Å². The van der Waals surface area contributed by atoms with Crippen LogP contribution in [-0.4, -0.2) is 22.6 Å². The maximum absolute atomic E-state index is 12.0. The minimum atomic E-state index is -1.11. The van der Waals surface area contributed by atoms with Crippen LogP contribution in [0.3, 0.4) is 0 Å². The van der Waals surface area contributed by atoms with Gasteiger partial charge in [0.1, 0.15) is 0 Å². The molecule has 0 unspecified atom stereocenters. The van der Waals surface area contributed by atoms with Crippen molar-refractivity contribution in [3.63, 3.8) is 0 Å². The van der Waals surface area contributed by atoms with Crippen LogP contribution in [0.2, 0.25) is 0 Å². The maximum atomic E-state index is 12.0. The second-order valence-electron chi connectivity index (χ2n) is 4.56. The lowest BCUT2D eigenvalue weighted by Crippen LogP contribution is -2.24. The molecule has 4 nitrogen and oxygen atoms in total. The zero-order valence-corrected chi connectivity index (χ0v) is 9.97. The molecule has 94 valence electrons. The Labute approximate surface area is 109 Å². The first-order chi connectivity index (χ1) is 9.09. The molecule has 0 aromatic heterocycles. The molecule has 1 aromatic carbocycles. The SMILES string of the molecule is O=C1C(=O)c2cc(C(=O)O)ccc2C2=C1C=CCC2. The number of benzene rings is 1. The first-order valence-corrected chi connectivity index (χ1v) is 5.96. The van der Waals surface area contributed by atoms with Crippen LogP contribution in [0.15, 0.2) is 35.9 Å². The van der Waals surface area contributed by atoms with Crippen LogP contribution in [0, 0.1) is 0 Å². The first kappa shape index (κ1) is 11.6. The Morgan fingerprint density at radius 1 is 1.11 bits per heavy atom. The van der Waals surface area contributed by atoms with E-state index in [1.165, 1.54) is 12.1 Å². The second-order valence-corrected chi connectivity index (χ2v) is 4.56. The maximum Gasteiger partial charge on any atom is 0.335 e. The third kappa shape index (κ3) is 1.64. The smallest absolute Gasteiger partial charge is 0.335 e. The van der Waals surface area contributed by atoms with Crippen molar-refractivity contribution in [1.82, 2.24) is 0 Å². The van der Waals surface area contributed by atoms with E-state index in [1.807, 2.05) is 6.08 Å². The normalized spacial score (nSPS) is 17.3. The molecule has 3 rings (SSSR count). The molecule has 0 fully saturated rings. The summed E-state index contributed by atoms with van der Waals surface area (Å²) in [5.74, 6) is -2.27. The summed E-state index contributed by atoms with van der Waals surface area (Å²) in [5, 5.41) is 8.95. The van der Waals surface area contributed by atoms with Crippen molar-refractivity contribution in [2.45, 2.75) is 12.8 Å². The molecule has 0 radical (unpaired) electrons. The lowest BCUT2D eigenvalue weighted by atomic mass is 9.79. The monoisotopic (exact) mass is 254 g/mol. The van der Waals surface area contributed by atoms with Gasteiger partial charge in [0, 0.05) is 11.1 Å². The van der Waals surface area contributed by atoms with Crippen LogP contribution >= 0.6 is 0 Å². The van der Waals surface area contributed by atoms with Gasteiger partial charge in [0.05, 0.1) is 5.56 Å². The number of carbonyl (C=O) groups excluding carboxylic acids is 2. The van der Waals surface area contributed by atoms with Gasteiger partial charge in [-0.15, -0.1) is 0 Å². The van der Waals surface area contributed by atoms with Crippen molar-refractivity contribution in [3.8, 4) is 0 Å². The lowest BCUT2D eigenvalue weighted by molar-refractivity contribution is -0.111. The number of ketones is 2. The third-order valence-electron chi connectivity index (χ3n) is 3.46. The Balaban J connectivity index is 2.26. The molecule has 0 amide bonds. The molecule has 2 aliphatic carbocycles. The van der Waals surface area contributed by atoms with Gasteiger partial charge in [0.2, 0.25) is 11.6 Å². The summed E-state index contributed by atoms with van der Waals surface area (Å²) in [6, 6.07) is 4.38. The van der Waals surface area contributed by atoms with E-state index in [0.29, 0.717) is 17.6 Å². The molecule has 1 N–H and O–H groups in total. The summed E-state index contributed by atoms with van der Waals surface area (Å²) in [6.45, 7) is 0. The minimum absolute atomic E-state index is 0.0234. The molecule has 2 aliphatic rings. The number of aromatic carboxylic acids is 1.